The Bertz CT molecular complexity index is 330. The van der Waals surface area contributed by atoms with E-state index in [1.165, 1.54) is 32.1 Å². The van der Waals surface area contributed by atoms with Crippen molar-refractivity contribution in [1.29, 1.82) is 0 Å². The summed E-state index contributed by atoms with van der Waals surface area (Å²) >= 11 is 0. The van der Waals surface area contributed by atoms with Crippen LogP contribution in [0.5, 0.6) is 0 Å². The van der Waals surface area contributed by atoms with Crippen molar-refractivity contribution < 1.29 is 0 Å². The van der Waals surface area contributed by atoms with E-state index in [0.29, 0.717) is 0 Å². The molecule has 0 aromatic carbocycles. The predicted octanol–water partition coefficient (Wildman–Crippen LogP) is 2.49. The summed E-state index contributed by atoms with van der Waals surface area (Å²) in [6.45, 7) is 1.92. The molecule has 0 aliphatic heterocycles. The molecule has 0 unspecified atom stereocenters. The average Bonchev–Trinajstić information content (AvgIpc) is 2.25. The van der Waals surface area contributed by atoms with E-state index < -0.39 is 0 Å². The maximum Gasteiger partial charge on any atom is 0.125 e. The first-order chi connectivity index (χ1) is 7.25. The van der Waals surface area contributed by atoms with Crippen LogP contribution in [0.25, 0.3) is 0 Å². The molecule has 3 nitrogen and oxygen atoms in total. The summed E-state index contributed by atoms with van der Waals surface area (Å²) in [5.41, 5.74) is 7.69. The molecule has 0 spiro atoms. The summed E-state index contributed by atoms with van der Waals surface area (Å²) in [7, 11) is 0. The van der Waals surface area contributed by atoms with Gasteiger partial charge in [-0.3, -0.25) is 0 Å². The van der Waals surface area contributed by atoms with Crippen molar-refractivity contribution in [2.45, 2.75) is 45.4 Å². The van der Waals surface area contributed by atoms with Gasteiger partial charge in [-0.25, -0.2) is 9.97 Å². The number of nitrogens with two attached hydrogens (primary N) is 1. The Balaban J connectivity index is 2.05. The molecular formula is C12H19N3. The highest BCUT2D eigenvalue weighted by atomic mass is 14.9. The molecule has 0 atom stereocenters. The highest BCUT2D eigenvalue weighted by Crippen LogP contribution is 2.27. The van der Waals surface area contributed by atoms with Gasteiger partial charge < -0.3 is 5.73 Å². The second-order valence-corrected chi connectivity index (χ2v) is 4.53. The zero-order chi connectivity index (χ0) is 10.7. The highest BCUT2D eigenvalue weighted by Gasteiger charge is 2.16. The van der Waals surface area contributed by atoms with Gasteiger partial charge in [0.25, 0.3) is 0 Å². The predicted molar refractivity (Wildman–Crippen MR) is 61.5 cm³/mol. The van der Waals surface area contributed by atoms with Gasteiger partial charge in [0.2, 0.25) is 0 Å². The van der Waals surface area contributed by atoms with Gasteiger partial charge in [0.1, 0.15) is 5.82 Å². The van der Waals surface area contributed by atoms with Crippen molar-refractivity contribution in [3.05, 3.63) is 17.7 Å². The Kier molecular flexibility index (Phi) is 3.19. The Morgan fingerprint density at radius 3 is 2.80 bits per heavy atom. The maximum absolute atomic E-state index is 5.88. The largest absolute Gasteiger partial charge is 0.396 e. The number of hydrogen-bond acceptors (Lipinski definition) is 3. The number of anilines is 1. The summed E-state index contributed by atoms with van der Waals surface area (Å²) in [6.07, 6.45) is 9.58. The van der Waals surface area contributed by atoms with Crippen LogP contribution in [0.2, 0.25) is 0 Å². The zero-order valence-electron chi connectivity index (χ0n) is 9.37. The fraction of sp³-hybridized carbons (Fsp3) is 0.667. The van der Waals surface area contributed by atoms with Crippen LogP contribution < -0.4 is 5.73 Å². The molecule has 0 amide bonds. The molecule has 0 radical (unpaired) electrons. The van der Waals surface area contributed by atoms with Gasteiger partial charge >= 0.3 is 0 Å². The number of rotatable bonds is 2. The van der Waals surface area contributed by atoms with Gasteiger partial charge in [0.15, 0.2) is 0 Å². The molecular weight excluding hydrogens is 186 g/mol. The summed E-state index contributed by atoms with van der Waals surface area (Å²) in [5, 5.41) is 0. The molecule has 1 aromatic heterocycles. The molecule has 1 heterocycles. The minimum atomic E-state index is 0.756. The molecule has 82 valence electrons. The van der Waals surface area contributed by atoms with E-state index in [1.54, 1.807) is 6.20 Å². The SMILES string of the molecule is Cc1ncc(N)c(CC2CCCCC2)n1. The monoisotopic (exact) mass is 205 g/mol. The first kappa shape index (κ1) is 10.4. The molecule has 1 fully saturated rings. The Morgan fingerprint density at radius 1 is 1.33 bits per heavy atom. The smallest absolute Gasteiger partial charge is 0.125 e. The van der Waals surface area contributed by atoms with Gasteiger partial charge in [0, 0.05) is 0 Å². The minimum absolute atomic E-state index is 0.756. The van der Waals surface area contributed by atoms with Crippen molar-refractivity contribution in [2.75, 3.05) is 5.73 Å². The topological polar surface area (TPSA) is 51.8 Å². The fourth-order valence-electron chi connectivity index (χ4n) is 2.35. The summed E-state index contributed by atoms with van der Waals surface area (Å²) in [5.74, 6) is 1.62. The Labute approximate surface area is 91.1 Å². The summed E-state index contributed by atoms with van der Waals surface area (Å²) < 4.78 is 0. The van der Waals surface area contributed by atoms with Crippen LogP contribution >= 0.6 is 0 Å². The van der Waals surface area contributed by atoms with Crippen molar-refractivity contribution in [3.8, 4) is 0 Å². The number of aromatic nitrogens is 2. The van der Waals surface area contributed by atoms with Crippen LogP contribution in [0.1, 0.15) is 43.6 Å². The van der Waals surface area contributed by atoms with E-state index in [4.69, 9.17) is 5.73 Å². The molecule has 1 saturated carbocycles. The van der Waals surface area contributed by atoms with Crippen LogP contribution in [0.15, 0.2) is 6.20 Å². The standard InChI is InChI=1S/C12H19N3/c1-9-14-8-11(13)12(15-9)7-10-5-3-2-4-6-10/h8,10H,2-7,13H2,1H3. The van der Waals surface area contributed by atoms with Gasteiger partial charge in [0.05, 0.1) is 17.6 Å². The Morgan fingerprint density at radius 2 is 2.07 bits per heavy atom. The normalized spacial score (nSPS) is 17.9. The number of nitrogens with zero attached hydrogens (tertiary/aromatic N) is 2. The molecule has 0 bridgehead atoms. The maximum atomic E-state index is 5.88. The van der Waals surface area contributed by atoms with Gasteiger partial charge in [-0.2, -0.15) is 0 Å². The van der Waals surface area contributed by atoms with Crippen LogP contribution in [-0.4, -0.2) is 9.97 Å². The quantitative estimate of drug-likeness (QED) is 0.807. The van der Waals surface area contributed by atoms with Gasteiger partial charge in [-0.15, -0.1) is 0 Å². The number of nitrogen functional groups attached to an aromatic ring is 1. The lowest BCUT2D eigenvalue weighted by Crippen LogP contribution is -2.12. The van der Waals surface area contributed by atoms with E-state index in [1.807, 2.05) is 6.92 Å². The molecule has 15 heavy (non-hydrogen) atoms. The van der Waals surface area contributed by atoms with E-state index in [9.17, 15) is 0 Å². The fourth-order valence-corrected chi connectivity index (χ4v) is 2.35. The van der Waals surface area contributed by atoms with Crippen molar-refractivity contribution in [2.24, 2.45) is 5.92 Å². The average molecular weight is 205 g/mol. The third kappa shape index (κ3) is 2.67. The Hall–Kier alpha value is -1.12. The highest BCUT2D eigenvalue weighted by molar-refractivity contribution is 5.40. The summed E-state index contributed by atoms with van der Waals surface area (Å²) in [4.78, 5) is 8.53. The van der Waals surface area contributed by atoms with Crippen molar-refractivity contribution in [1.82, 2.24) is 9.97 Å². The lowest BCUT2D eigenvalue weighted by Gasteiger charge is -2.21. The molecule has 1 aliphatic rings. The summed E-state index contributed by atoms with van der Waals surface area (Å²) in [6, 6.07) is 0. The van der Waals surface area contributed by atoms with E-state index in [-0.39, 0.29) is 0 Å². The third-order valence-corrected chi connectivity index (χ3v) is 3.23. The second kappa shape index (κ2) is 4.60. The molecule has 2 rings (SSSR count). The van der Waals surface area contributed by atoms with Crippen molar-refractivity contribution in [3.63, 3.8) is 0 Å². The van der Waals surface area contributed by atoms with Crippen molar-refractivity contribution >= 4 is 5.69 Å². The lowest BCUT2D eigenvalue weighted by molar-refractivity contribution is 0.354. The minimum Gasteiger partial charge on any atom is -0.396 e. The number of hydrogen-bond donors (Lipinski definition) is 1. The zero-order valence-corrected chi connectivity index (χ0v) is 9.37. The van der Waals surface area contributed by atoms with Crippen LogP contribution in [0.4, 0.5) is 5.69 Å². The second-order valence-electron chi connectivity index (χ2n) is 4.53. The first-order valence-electron chi connectivity index (χ1n) is 5.83. The van der Waals surface area contributed by atoms with E-state index in [0.717, 1.165) is 29.5 Å². The number of aryl methyl sites for hydroxylation is 1. The molecule has 0 saturated heterocycles. The molecule has 3 heteroatoms. The van der Waals surface area contributed by atoms with E-state index >= 15 is 0 Å². The molecule has 1 aliphatic carbocycles. The molecule has 2 N–H and O–H groups in total. The van der Waals surface area contributed by atoms with Crippen LogP contribution in [0.3, 0.4) is 0 Å². The van der Waals surface area contributed by atoms with Crippen LogP contribution in [0, 0.1) is 12.8 Å². The molecule has 1 aromatic rings. The van der Waals surface area contributed by atoms with Crippen LogP contribution in [-0.2, 0) is 6.42 Å². The van der Waals surface area contributed by atoms with Gasteiger partial charge in [-0.1, -0.05) is 32.1 Å². The van der Waals surface area contributed by atoms with E-state index in [2.05, 4.69) is 9.97 Å². The van der Waals surface area contributed by atoms with Gasteiger partial charge in [-0.05, 0) is 19.3 Å². The lowest BCUT2D eigenvalue weighted by atomic mass is 9.86. The third-order valence-electron chi connectivity index (χ3n) is 3.23. The first-order valence-corrected chi connectivity index (χ1v) is 5.83.